The van der Waals surface area contributed by atoms with Gasteiger partial charge >= 0.3 is 0 Å². The van der Waals surface area contributed by atoms with Crippen molar-refractivity contribution < 1.29 is 13.2 Å². The van der Waals surface area contributed by atoms with Gasteiger partial charge in [-0.1, -0.05) is 12.1 Å². The van der Waals surface area contributed by atoms with Gasteiger partial charge in [0.1, 0.15) is 6.10 Å². The first-order valence-electron chi connectivity index (χ1n) is 10.1. The molecule has 0 saturated carbocycles. The second-order valence-electron chi connectivity index (χ2n) is 7.74. The number of ether oxygens (including phenoxy) is 1. The summed E-state index contributed by atoms with van der Waals surface area (Å²) in [6, 6.07) is 11.9. The van der Waals surface area contributed by atoms with Gasteiger partial charge in [-0.25, -0.2) is 17.7 Å². The Hall–Kier alpha value is -3.08. The van der Waals surface area contributed by atoms with E-state index in [1.54, 1.807) is 43.7 Å². The molecule has 1 aliphatic rings. The normalized spacial score (nSPS) is 17.0. The van der Waals surface area contributed by atoms with Gasteiger partial charge in [0.15, 0.2) is 0 Å². The van der Waals surface area contributed by atoms with Crippen LogP contribution in [0.5, 0.6) is 0 Å². The third-order valence-electron chi connectivity index (χ3n) is 5.47. The first-order valence-corrected chi connectivity index (χ1v) is 11.6. The Bertz CT molecular complexity index is 1260. The number of morpholine rings is 1. The van der Waals surface area contributed by atoms with E-state index in [0.29, 0.717) is 31.3 Å². The maximum absolute atomic E-state index is 12.6. The van der Waals surface area contributed by atoms with E-state index >= 15 is 0 Å². The summed E-state index contributed by atoms with van der Waals surface area (Å²) in [4.78, 5) is 23.6. The molecule has 1 saturated heterocycles. The highest BCUT2D eigenvalue weighted by Gasteiger charge is 2.26. The van der Waals surface area contributed by atoms with Gasteiger partial charge in [0.2, 0.25) is 16.0 Å². The maximum atomic E-state index is 12.6. The number of hydrogen-bond donors (Lipinski definition) is 0. The average molecular weight is 456 g/mol. The Morgan fingerprint density at radius 1 is 1.09 bits per heavy atom. The molecule has 0 aliphatic carbocycles. The number of anilines is 1. The lowest BCUT2D eigenvalue weighted by molar-refractivity contribution is 0.0389. The van der Waals surface area contributed by atoms with E-state index in [-0.39, 0.29) is 16.6 Å². The Morgan fingerprint density at radius 3 is 2.44 bits per heavy atom. The van der Waals surface area contributed by atoms with Crippen LogP contribution in [0.3, 0.4) is 0 Å². The quantitative estimate of drug-likeness (QED) is 0.577. The molecule has 1 atom stereocenters. The second kappa shape index (κ2) is 8.81. The van der Waals surface area contributed by atoms with Crippen LogP contribution in [0.25, 0.3) is 11.3 Å². The van der Waals surface area contributed by atoms with Gasteiger partial charge in [-0.15, -0.1) is 0 Å². The second-order valence-corrected chi connectivity index (χ2v) is 9.89. The fourth-order valence-electron chi connectivity index (χ4n) is 3.58. The van der Waals surface area contributed by atoms with Gasteiger partial charge in [-0.05, 0) is 29.8 Å². The first-order chi connectivity index (χ1) is 15.3. The molecular formula is C22H25N5O4S. The van der Waals surface area contributed by atoms with Gasteiger partial charge in [0.05, 0.1) is 23.7 Å². The molecule has 3 heterocycles. The van der Waals surface area contributed by atoms with Crippen molar-refractivity contribution in [3.63, 3.8) is 0 Å². The van der Waals surface area contributed by atoms with Crippen LogP contribution in [0.2, 0.25) is 0 Å². The first kappa shape index (κ1) is 22.1. The number of aromatic nitrogens is 3. The summed E-state index contributed by atoms with van der Waals surface area (Å²) in [5, 5.41) is 0. The van der Waals surface area contributed by atoms with Crippen LogP contribution in [0.4, 0.5) is 5.95 Å². The molecule has 32 heavy (non-hydrogen) atoms. The minimum absolute atomic E-state index is 0.150. The highest BCUT2D eigenvalue weighted by Crippen LogP contribution is 2.27. The number of rotatable bonds is 5. The Morgan fingerprint density at radius 2 is 1.78 bits per heavy atom. The van der Waals surface area contributed by atoms with E-state index in [0.717, 1.165) is 11.1 Å². The predicted octanol–water partition coefficient (Wildman–Crippen LogP) is 1.67. The zero-order valence-electron chi connectivity index (χ0n) is 18.2. The van der Waals surface area contributed by atoms with Gasteiger partial charge in [-0.3, -0.25) is 14.3 Å². The summed E-state index contributed by atoms with van der Waals surface area (Å²) in [5.74, 6) is 0.560. The zero-order chi connectivity index (χ0) is 22.9. The fourth-order valence-corrected chi connectivity index (χ4v) is 4.48. The monoisotopic (exact) mass is 455 g/mol. The summed E-state index contributed by atoms with van der Waals surface area (Å²) in [6.07, 6.45) is 3.05. The standard InChI is InChI=1S/C22H25N5O4S/c1-25(2)32(29,30)18-6-4-17(5-7-18)20-15-27(12-13-31-20)22-24-19(14-21(28)26(22)3)16-8-10-23-11-9-16/h4-11,14,20H,12-13,15H2,1-3H3/t20-/m1/s1. The van der Waals surface area contributed by atoms with Crippen LogP contribution >= 0.6 is 0 Å². The topological polar surface area (TPSA) is 97.6 Å². The van der Waals surface area contributed by atoms with Crippen molar-refractivity contribution in [1.29, 1.82) is 0 Å². The minimum atomic E-state index is -3.49. The SMILES string of the molecule is CN(C)S(=O)(=O)c1ccc([C@H]2CN(c3nc(-c4ccncc4)cc(=O)n3C)CCO2)cc1. The van der Waals surface area contributed by atoms with Crippen LogP contribution in [0, 0.1) is 0 Å². The van der Waals surface area contributed by atoms with E-state index in [2.05, 4.69) is 4.98 Å². The summed E-state index contributed by atoms with van der Waals surface area (Å²) >= 11 is 0. The van der Waals surface area contributed by atoms with Crippen molar-refractivity contribution in [2.24, 2.45) is 7.05 Å². The molecule has 1 aromatic carbocycles. The largest absolute Gasteiger partial charge is 0.370 e. The van der Waals surface area contributed by atoms with Gasteiger partial charge in [0, 0.05) is 51.7 Å². The van der Waals surface area contributed by atoms with E-state index in [4.69, 9.17) is 9.72 Å². The third kappa shape index (κ3) is 4.29. The molecule has 168 valence electrons. The average Bonchev–Trinajstić information content (AvgIpc) is 2.81. The molecule has 1 fully saturated rings. The van der Waals surface area contributed by atoms with Crippen molar-refractivity contribution >= 4 is 16.0 Å². The number of nitrogens with zero attached hydrogens (tertiary/aromatic N) is 5. The summed E-state index contributed by atoms with van der Waals surface area (Å²) in [6.45, 7) is 1.53. The van der Waals surface area contributed by atoms with Gasteiger partial charge in [0.25, 0.3) is 5.56 Å². The van der Waals surface area contributed by atoms with Crippen LogP contribution in [0.1, 0.15) is 11.7 Å². The van der Waals surface area contributed by atoms with E-state index in [1.165, 1.54) is 29.0 Å². The molecule has 0 amide bonds. The molecule has 0 unspecified atom stereocenters. The predicted molar refractivity (Wildman–Crippen MR) is 121 cm³/mol. The number of benzene rings is 1. The molecule has 0 spiro atoms. The Balaban J connectivity index is 1.61. The van der Waals surface area contributed by atoms with Crippen molar-refractivity contribution in [1.82, 2.24) is 18.8 Å². The Kier molecular flexibility index (Phi) is 6.09. The van der Waals surface area contributed by atoms with E-state index in [9.17, 15) is 13.2 Å². The molecule has 4 rings (SSSR count). The molecule has 10 heteroatoms. The Labute approximate surface area is 187 Å². The van der Waals surface area contributed by atoms with Crippen molar-refractivity contribution in [3.05, 3.63) is 70.8 Å². The zero-order valence-corrected chi connectivity index (χ0v) is 19.0. The lowest BCUT2D eigenvalue weighted by Gasteiger charge is -2.34. The van der Waals surface area contributed by atoms with E-state index < -0.39 is 10.0 Å². The summed E-state index contributed by atoms with van der Waals surface area (Å²) < 4.78 is 33.3. The van der Waals surface area contributed by atoms with Crippen molar-refractivity contribution in [2.45, 2.75) is 11.0 Å². The van der Waals surface area contributed by atoms with Crippen LogP contribution in [0.15, 0.2) is 64.5 Å². The van der Waals surface area contributed by atoms with Crippen molar-refractivity contribution in [2.75, 3.05) is 38.7 Å². The number of hydrogen-bond acceptors (Lipinski definition) is 7. The highest BCUT2D eigenvalue weighted by molar-refractivity contribution is 7.89. The lowest BCUT2D eigenvalue weighted by Crippen LogP contribution is -2.41. The van der Waals surface area contributed by atoms with Gasteiger partial charge in [-0.2, -0.15) is 0 Å². The molecule has 0 bridgehead atoms. The molecule has 0 N–H and O–H groups in total. The van der Waals surface area contributed by atoms with Gasteiger partial charge < -0.3 is 9.64 Å². The molecule has 1 aliphatic heterocycles. The highest BCUT2D eigenvalue weighted by atomic mass is 32.2. The molecule has 2 aromatic heterocycles. The maximum Gasteiger partial charge on any atom is 0.255 e. The van der Waals surface area contributed by atoms with Crippen LogP contribution in [-0.4, -0.2) is 61.0 Å². The van der Waals surface area contributed by atoms with E-state index in [1.807, 2.05) is 17.0 Å². The molecule has 3 aromatic rings. The minimum Gasteiger partial charge on any atom is -0.370 e. The van der Waals surface area contributed by atoms with Crippen molar-refractivity contribution in [3.8, 4) is 11.3 Å². The summed E-state index contributed by atoms with van der Waals surface area (Å²) in [5.41, 5.74) is 2.12. The van der Waals surface area contributed by atoms with Crippen LogP contribution < -0.4 is 10.5 Å². The number of pyridine rings is 1. The fraction of sp³-hybridized carbons (Fsp3) is 0.318. The third-order valence-corrected chi connectivity index (χ3v) is 7.30. The number of sulfonamides is 1. The summed E-state index contributed by atoms with van der Waals surface area (Å²) in [7, 11) is 1.22. The molecule has 0 radical (unpaired) electrons. The molecule has 9 nitrogen and oxygen atoms in total. The van der Waals surface area contributed by atoms with Crippen LogP contribution in [-0.2, 0) is 21.8 Å². The molecular weight excluding hydrogens is 430 g/mol. The smallest absolute Gasteiger partial charge is 0.255 e. The lowest BCUT2D eigenvalue weighted by atomic mass is 10.1.